The van der Waals surface area contributed by atoms with Gasteiger partial charge in [0, 0.05) is 25.3 Å². The summed E-state index contributed by atoms with van der Waals surface area (Å²) >= 11 is 0. The predicted octanol–water partition coefficient (Wildman–Crippen LogP) is 3.70. The highest BCUT2D eigenvalue weighted by molar-refractivity contribution is 5.95. The van der Waals surface area contributed by atoms with Gasteiger partial charge in [-0.15, -0.1) is 0 Å². The standard InChI is InChI=1S/C21H27N3O3/c1-5-6-12-27-19-11-10-16(13-20(19)26-4)15-22-23-21(25)17-8-7-9-18(14-17)24(2)3/h7-11,13-15H,5-6,12H2,1-4H3,(H,23,25)/b22-15+. The Morgan fingerprint density at radius 1 is 1.19 bits per heavy atom. The molecule has 2 aromatic carbocycles. The van der Waals surface area contributed by atoms with Crippen LogP contribution in [0.4, 0.5) is 5.69 Å². The van der Waals surface area contributed by atoms with E-state index in [1.54, 1.807) is 19.4 Å². The molecule has 6 nitrogen and oxygen atoms in total. The van der Waals surface area contributed by atoms with Gasteiger partial charge >= 0.3 is 0 Å². The van der Waals surface area contributed by atoms with Gasteiger partial charge in [-0.3, -0.25) is 4.79 Å². The highest BCUT2D eigenvalue weighted by atomic mass is 16.5. The van der Waals surface area contributed by atoms with Crippen LogP contribution in [0, 0.1) is 0 Å². The third-order valence-corrected chi connectivity index (χ3v) is 3.95. The zero-order valence-electron chi connectivity index (χ0n) is 16.4. The summed E-state index contributed by atoms with van der Waals surface area (Å²) in [5, 5.41) is 4.04. The quantitative estimate of drug-likeness (QED) is 0.416. The molecule has 0 fully saturated rings. The van der Waals surface area contributed by atoms with E-state index >= 15 is 0 Å². The van der Waals surface area contributed by atoms with Gasteiger partial charge in [-0.1, -0.05) is 19.4 Å². The average molecular weight is 369 g/mol. The second kappa shape index (κ2) is 10.2. The number of hydrogen-bond donors (Lipinski definition) is 1. The van der Waals surface area contributed by atoms with E-state index in [-0.39, 0.29) is 5.91 Å². The molecule has 27 heavy (non-hydrogen) atoms. The third kappa shape index (κ3) is 6.02. The molecule has 0 saturated carbocycles. The van der Waals surface area contributed by atoms with Crippen LogP contribution in [0.5, 0.6) is 11.5 Å². The zero-order valence-corrected chi connectivity index (χ0v) is 16.4. The number of hydrogen-bond acceptors (Lipinski definition) is 5. The second-order valence-electron chi connectivity index (χ2n) is 6.26. The van der Waals surface area contributed by atoms with Crippen molar-refractivity contribution >= 4 is 17.8 Å². The van der Waals surface area contributed by atoms with E-state index in [2.05, 4.69) is 17.5 Å². The fourth-order valence-corrected chi connectivity index (χ4v) is 2.37. The molecule has 0 unspecified atom stereocenters. The topological polar surface area (TPSA) is 63.2 Å². The SMILES string of the molecule is CCCCOc1ccc(/C=N/NC(=O)c2cccc(N(C)C)c2)cc1OC. The summed E-state index contributed by atoms with van der Waals surface area (Å²) in [5.41, 5.74) is 4.86. The highest BCUT2D eigenvalue weighted by Crippen LogP contribution is 2.27. The Bertz CT molecular complexity index is 788. The number of amides is 1. The van der Waals surface area contributed by atoms with Crippen LogP contribution in [0.2, 0.25) is 0 Å². The number of carbonyl (C=O) groups is 1. The molecule has 0 aliphatic rings. The average Bonchev–Trinajstić information content (AvgIpc) is 2.68. The molecule has 2 rings (SSSR count). The van der Waals surface area contributed by atoms with Crippen LogP contribution in [-0.2, 0) is 0 Å². The van der Waals surface area contributed by atoms with Crippen molar-refractivity contribution in [3.05, 3.63) is 53.6 Å². The van der Waals surface area contributed by atoms with Gasteiger partial charge in [-0.25, -0.2) is 5.43 Å². The molecule has 0 aliphatic heterocycles. The Kier molecular flexibility index (Phi) is 7.67. The minimum Gasteiger partial charge on any atom is -0.493 e. The van der Waals surface area contributed by atoms with Gasteiger partial charge in [0.15, 0.2) is 11.5 Å². The monoisotopic (exact) mass is 369 g/mol. The smallest absolute Gasteiger partial charge is 0.271 e. The lowest BCUT2D eigenvalue weighted by atomic mass is 10.2. The summed E-state index contributed by atoms with van der Waals surface area (Å²) in [6.07, 6.45) is 3.64. The Hall–Kier alpha value is -3.02. The van der Waals surface area contributed by atoms with Gasteiger partial charge in [0.05, 0.1) is 19.9 Å². The van der Waals surface area contributed by atoms with E-state index in [0.717, 1.165) is 24.1 Å². The summed E-state index contributed by atoms with van der Waals surface area (Å²) in [5.74, 6) is 1.08. The van der Waals surface area contributed by atoms with Gasteiger partial charge in [-0.2, -0.15) is 5.10 Å². The van der Waals surface area contributed by atoms with E-state index < -0.39 is 0 Å². The molecule has 6 heteroatoms. The number of carbonyl (C=O) groups excluding carboxylic acids is 1. The summed E-state index contributed by atoms with van der Waals surface area (Å²) in [4.78, 5) is 14.2. The number of nitrogens with zero attached hydrogens (tertiary/aromatic N) is 2. The number of unbranched alkanes of at least 4 members (excludes halogenated alkanes) is 1. The Balaban J connectivity index is 2.01. The van der Waals surface area contributed by atoms with Crippen LogP contribution in [-0.4, -0.2) is 39.9 Å². The number of methoxy groups -OCH3 is 1. The Labute approximate surface area is 160 Å². The number of anilines is 1. The van der Waals surface area contributed by atoms with Gasteiger partial charge in [-0.05, 0) is 48.4 Å². The first-order valence-electron chi connectivity index (χ1n) is 8.96. The van der Waals surface area contributed by atoms with Crippen molar-refractivity contribution in [1.82, 2.24) is 5.43 Å². The van der Waals surface area contributed by atoms with E-state index in [9.17, 15) is 4.79 Å². The molecule has 0 bridgehead atoms. The summed E-state index contributed by atoms with van der Waals surface area (Å²) in [6, 6.07) is 12.9. The maximum absolute atomic E-state index is 12.2. The maximum atomic E-state index is 12.2. The van der Waals surface area contributed by atoms with Gasteiger partial charge in [0.25, 0.3) is 5.91 Å². The fraction of sp³-hybridized carbons (Fsp3) is 0.333. The van der Waals surface area contributed by atoms with Crippen LogP contribution < -0.4 is 19.8 Å². The molecule has 0 heterocycles. The minimum atomic E-state index is -0.263. The number of benzene rings is 2. The van der Waals surface area contributed by atoms with Crippen LogP contribution in [0.25, 0.3) is 0 Å². The van der Waals surface area contributed by atoms with Crippen molar-refractivity contribution in [3.63, 3.8) is 0 Å². The van der Waals surface area contributed by atoms with Gasteiger partial charge in [0.2, 0.25) is 0 Å². The van der Waals surface area contributed by atoms with Crippen molar-refractivity contribution in [2.24, 2.45) is 5.10 Å². The number of hydrazone groups is 1. The fourth-order valence-electron chi connectivity index (χ4n) is 2.37. The molecule has 0 atom stereocenters. The normalized spacial score (nSPS) is 10.7. The highest BCUT2D eigenvalue weighted by Gasteiger charge is 2.07. The summed E-state index contributed by atoms with van der Waals surface area (Å²) < 4.78 is 11.1. The zero-order chi connectivity index (χ0) is 19.6. The van der Waals surface area contributed by atoms with Crippen LogP contribution >= 0.6 is 0 Å². The predicted molar refractivity (Wildman–Crippen MR) is 109 cm³/mol. The Morgan fingerprint density at radius 3 is 2.70 bits per heavy atom. The van der Waals surface area contributed by atoms with Crippen LogP contribution in [0.1, 0.15) is 35.7 Å². The first-order chi connectivity index (χ1) is 13.0. The molecule has 1 N–H and O–H groups in total. The molecule has 1 amide bonds. The van der Waals surface area contributed by atoms with Crippen molar-refractivity contribution < 1.29 is 14.3 Å². The van der Waals surface area contributed by atoms with E-state index in [4.69, 9.17) is 9.47 Å². The Morgan fingerprint density at radius 2 is 2.00 bits per heavy atom. The molecule has 0 aliphatic carbocycles. The minimum absolute atomic E-state index is 0.263. The maximum Gasteiger partial charge on any atom is 0.271 e. The summed E-state index contributed by atoms with van der Waals surface area (Å²) in [6.45, 7) is 2.77. The molecule has 144 valence electrons. The van der Waals surface area contributed by atoms with Crippen molar-refractivity contribution in [2.75, 3.05) is 32.7 Å². The van der Waals surface area contributed by atoms with Crippen molar-refractivity contribution in [3.8, 4) is 11.5 Å². The lowest BCUT2D eigenvalue weighted by Gasteiger charge is -2.12. The molecular weight excluding hydrogens is 342 g/mol. The van der Waals surface area contributed by atoms with Crippen LogP contribution in [0.3, 0.4) is 0 Å². The second-order valence-corrected chi connectivity index (χ2v) is 6.26. The van der Waals surface area contributed by atoms with Crippen molar-refractivity contribution in [2.45, 2.75) is 19.8 Å². The van der Waals surface area contributed by atoms with Gasteiger partial charge < -0.3 is 14.4 Å². The molecule has 0 saturated heterocycles. The molecule has 0 radical (unpaired) electrons. The lowest BCUT2D eigenvalue weighted by Crippen LogP contribution is -2.18. The van der Waals surface area contributed by atoms with Crippen molar-refractivity contribution in [1.29, 1.82) is 0 Å². The number of rotatable bonds is 9. The third-order valence-electron chi connectivity index (χ3n) is 3.95. The largest absolute Gasteiger partial charge is 0.493 e. The van der Waals surface area contributed by atoms with E-state index in [0.29, 0.717) is 23.7 Å². The molecule has 2 aromatic rings. The molecule has 0 spiro atoms. The lowest BCUT2D eigenvalue weighted by molar-refractivity contribution is 0.0955. The molecule has 0 aromatic heterocycles. The van der Waals surface area contributed by atoms with E-state index in [1.165, 1.54) is 0 Å². The van der Waals surface area contributed by atoms with Gasteiger partial charge in [0.1, 0.15) is 0 Å². The first-order valence-corrected chi connectivity index (χ1v) is 8.96. The number of nitrogens with one attached hydrogen (secondary N) is 1. The summed E-state index contributed by atoms with van der Waals surface area (Å²) in [7, 11) is 5.46. The number of ether oxygens (including phenoxy) is 2. The van der Waals surface area contributed by atoms with E-state index in [1.807, 2.05) is 55.4 Å². The first kappa shape index (κ1) is 20.3. The molecular formula is C21H27N3O3. The van der Waals surface area contributed by atoms with Crippen LogP contribution in [0.15, 0.2) is 47.6 Å².